The van der Waals surface area contributed by atoms with Crippen LogP contribution in [0.15, 0.2) is 33.7 Å². The van der Waals surface area contributed by atoms with Gasteiger partial charge in [0.1, 0.15) is 0 Å². The highest BCUT2D eigenvalue weighted by Gasteiger charge is 2.10. The number of fused-ring (bicyclic) bond motifs is 1. The van der Waals surface area contributed by atoms with Gasteiger partial charge in [-0.2, -0.15) is 0 Å². The molecule has 1 N–H and O–H groups in total. The van der Waals surface area contributed by atoms with Gasteiger partial charge in [-0.05, 0) is 32.0 Å². The van der Waals surface area contributed by atoms with Crippen LogP contribution in [0.25, 0.3) is 10.9 Å². The number of nitrogens with zero attached hydrogens (tertiary/aromatic N) is 1. The monoisotopic (exact) mass is 281 g/mol. The molecular formula is C12H12BrNO2. The van der Waals surface area contributed by atoms with Crippen molar-refractivity contribution in [2.75, 3.05) is 0 Å². The second-order valence-corrected chi connectivity index (χ2v) is 4.92. The first-order valence-corrected chi connectivity index (χ1v) is 5.83. The van der Waals surface area contributed by atoms with Crippen molar-refractivity contribution in [3.05, 3.63) is 39.1 Å². The van der Waals surface area contributed by atoms with Crippen molar-refractivity contribution in [2.45, 2.75) is 19.9 Å². The molecule has 0 radical (unpaired) electrons. The first-order chi connectivity index (χ1) is 7.50. The number of rotatable bonds is 1. The first kappa shape index (κ1) is 11.2. The number of aromatic hydroxyl groups is 1. The van der Waals surface area contributed by atoms with E-state index in [4.69, 9.17) is 0 Å². The topological polar surface area (TPSA) is 42.2 Å². The molecule has 84 valence electrons. The fraction of sp³-hybridized carbons (Fsp3) is 0.250. The van der Waals surface area contributed by atoms with E-state index < -0.39 is 0 Å². The van der Waals surface area contributed by atoms with Crippen molar-refractivity contribution < 1.29 is 5.11 Å². The first-order valence-electron chi connectivity index (χ1n) is 5.04. The zero-order valence-corrected chi connectivity index (χ0v) is 10.7. The highest BCUT2D eigenvalue weighted by Crippen LogP contribution is 2.22. The number of halogens is 1. The summed E-state index contributed by atoms with van der Waals surface area (Å²) in [7, 11) is 0. The van der Waals surface area contributed by atoms with E-state index in [-0.39, 0.29) is 17.2 Å². The number of hydrogen-bond donors (Lipinski definition) is 1. The number of aromatic nitrogens is 1. The average molecular weight is 282 g/mol. The zero-order chi connectivity index (χ0) is 11.9. The standard InChI is InChI=1S/C12H12BrNO2/c1-7(2)14-6-11(15)12(16)9-4-3-8(13)5-10(9)14/h3-7,15H,1-2H3. The molecular weight excluding hydrogens is 270 g/mol. The minimum Gasteiger partial charge on any atom is -0.503 e. The van der Waals surface area contributed by atoms with Crippen LogP contribution in [-0.4, -0.2) is 9.67 Å². The molecule has 3 nitrogen and oxygen atoms in total. The van der Waals surface area contributed by atoms with Crippen LogP contribution in [0.3, 0.4) is 0 Å². The predicted molar refractivity (Wildman–Crippen MR) is 68.0 cm³/mol. The Balaban J connectivity index is 2.96. The molecule has 2 rings (SSSR count). The molecule has 0 amide bonds. The van der Waals surface area contributed by atoms with Gasteiger partial charge in [0.25, 0.3) is 0 Å². The van der Waals surface area contributed by atoms with Gasteiger partial charge in [0.15, 0.2) is 5.75 Å². The van der Waals surface area contributed by atoms with Gasteiger partial charge < -0.3 is 9.67 Å². The van der Waals surface area contributed by atoms with Crippen molar-refractivity contribution in [2.24, 2.45) is 0 Å². The second kappa shape index (κ2) is 3.94. The molecule has 0 bridgehead atoms. The van der Waals surface area contributed by atoms with Crippen LogP contribution in [0, 0.1) is 0 Å². The Kier molecular flexibility index (Phi) is 2.76. The molecule has 0 atom stereocenters. The van der Waals surface area contributed by atoms with Crippen LogP contribution in [0.1, 0.15) is 19.9 Å². The third-order valence-electron chi connectivity index (χ3n) is 2.53. The van der Waals surface area contributed by atoms with Crippen LogP contribution in [0.2, 0.25) is 0 Å². The van der Waals surface area contributed by atoms with Crippen molar-refractivity contribution >= 4 is 26.8 Å². The normalized spacial score (nSPS) is 11.2. The quantitative estimate of drug-likeness (QED) is 0.873. The maximum Gasteiger partial charge on any atom is 0.230 e. The summed E-state index contributed by atoms with van der Waals surface area (Å²) in [6.45, 7) is 4.01. The third kappa shape index (κ3) is 1.73. The Morgan fingerprint density at radius 2 is 2.06 bits per heavy atom. The van der Waals surface area contributed by atoms with Gasteiger partial charge in [-0.3, -0.25) is 4.79 Å². The van der Waals surface area contributed by atoms with Gasteiger partial charge in [-0.1, -0.05) is 15.9 Å². The lowest BCUT2D eigenvalue weighted by atomic mass is 10.2. The smallest absolute Gasteiger partial charge is 0.230 e. The molecule has 1 heterocycles. The fourth-order valence-corrected chi connectivity index (χ4v) is 2.08. The minimum atomic E-state index is -0.320. The molecule has 0 aliphatic rings. The molecule has 0 aliphatic heterocycles. The molecule has 0 unspecified atom stereocenters. The zero-order valence-electron chi connectivity index (χ0n) is 9.07. The summed E-state index contributed by atoms with van der Waals surface area (Å²) >= 11 is 3.38. The summed E-state index contributed by atoms with van der Waals surface area (Å²) in [4.78, 5) is 11.7. The SMILES string of the molecule is CC(C)n1cc(O)c(=O)c2ccc(Br)cc21. The average Bonchev–Trinajstić information content (AvgIpc) is 2.22. The minimum absolute atomic E-state index is 0.184. The highest BCUT2D eigenvalue weighted by molar-refractivity contribution is 9.10. The molecule has 1 aromatic carbocycles. The van der Waals surface area contributed by atoms with Gasteiger partial charge in [-0.25, -0.2) is 0 Å². The lowest BCUT2D eigenvalue weighted by Gasteiger charge is -2.15. The van der Waals surface area contributed by atoms with Crippen LogP contribution in [0.5, 0.6) is 5.75 Å². The van der Waals surface area contributed by atoms with Gasteiger partial charge in [0, 0.05) is 15.9 Å². The van der Waals surface area contributed by atoms with E-state index in [0.717, 1.165) is 9.99 Å². The van der Waals surface area contributed by atoms with E-state index in [1.165, 1.54) is 6.20 Å². The van der Waals surface area contributed by atoms with E-state index >= 15 is 0 Å². The Hall–Kier alpha value is -1.29. The largest absolute Gasteiger partial charge is 0.503 e. The number of hydrogen-bond acceptors (Lipinski definition) is 2. The summed E-state index contributed by atoms with van der Waals surface area (Å²) in [6, 6.07) is 5.59. The van der Waals surface area contributed by atoms with E-state index in [1.54, 1.807) is 12.1 Å². The van der Waals surface area contributed by atoms with E-state index in [0.29, 0.717) is 5.39 Å². The molecule has 0 fully saturated rings. The Bertz CT molecular complexity index is 602. The van der Waals surface area contributed by atoms with Crippen molar-refractivity contribution in [3.63, 3.8) is 0 Å². The molecule has 16 heavy (non-hydrogen) atoms. The lowest BCUT2D eigenvalue weighted by molar-refractivity contribution is 0.459. The third-order valence-corrected chi connectivity index (χ3v) is 3.03. The summed E-state index contributed by atoms with van der Waals surface area (Å²) < 4.78 is 2.80. The number of pyridine rings is 1. The van der Waals surface area contributed by atoms with Crippen LogP contribution in [-0.2, 0) is 0 Å². The molecule has 0 saturated carbocycles. The maximum absolute atomic E-state index is 11.7. The lowest BCUT2D eigenvalue weighted by Crippen LogP contribution is -2.10. The fourth-order valence-electron chi connectivity index (χ4n) is 1.74. The van der Waals surface area contributed by atoms with Crippen molar-refractivity contribution in [1.82, 2.24) is 4.57 Å². The van der Waals surface area contributed by atoms with Gasteiger partial charge >= 0.3 is 0 Å². The molecule has 0 saturated heterocycles. The summed E-state index contributed by atoms with van der Waals surface area (Å²) in [6.07, 6.45) is 1.49. The molecule has 2 aromatic rings. The Morgan fingerprint density at radius 3 is 2.69 bits per heavy atom. The summed E-state index contributed by atoms with van der Waals surface area (Å²) in [5.74, 6) is -0.205. The van der Waals surface area contributed by atoms with E-state index in [9.17, 15) is 9.90 Å². The molecule has 0 aliphatic carbocycles. The van der Waals surface area contributed by atoms with Crippen LogP contribution < -0.4 is 5.43 Å². The van der Waals surface area contributed by atoms with Crippen molar-refractivity contribution in [3.8, 4) is 5.75 Å². The predicted octanol–water partition coefficient (Wildman–Crippen LogP) is 3.05. The van der Waals surface area contributed by atoms with Gasteiger partial charge in [0.2, 0.25) is 5.43 Å². The van der Waals surface area contributed by atoms with E-state index in [2.05, 4.69) is 15.9 Å². The molecule has 1 aromatic heterocycles. The summed E-state index contributed by atoms with van der Waals surface area (Å²) in [5, 5.41) is 10.1. The number of benzene rings is 1. The molecule has 4 heteroatoms. The Labute approximate surface area is 101 Å². The van der Waals surface area contributed by atoms with Crippen LogP contribution >= 0.6 is 15.9 Å². The van der Waals surface area contributed by atoms with Crippen LogP contribution in [0.4, 0.5) is 0 Å². The maximum atomic E-state index is 11.7. The second-order valence-electron chi connectivity index (χ2n) is 4.01. The van der Waals surface area contributed by atoms with Gasteiger partial charge in [-0.15, -0.1) is 0 Å². The van der Waals surface area contributed by atoms with Crippen molar-refractivity contribution in [1.29, 1.82) is 0 Å². The molecule has 0 spiro atoms. The Morgan fingerprint density at radius 1 is 1.38 bits per heavy atom. The highest BCUT2D eigenvalue weighted by atomic mass is 79.9. The van der Waals surface area contributed by atoms with E-state index in [1.807, 2.05) is 24.5 Å². The van der Waals surface area contributed by atoms with Gasteiger partial charge in [0.05, 0.1) is 11.7 Å². The summed E-state index contributed by atoms with van der Waals surface area (Å²) in [5.41, 5.74) is 0.506.